The summed E-state index contributed by atoms with van der Waals surface area (Å²) in [5.41, 5.74) is 1.61. The second-order valence-electron chi connectivity index (χ2n) is 7.61. The van der Waals surface area contributed by atoms with Gasteiger partial charge in [-0.2, -0.15) is 0 Å². The molecular weight excluding hydrogens is 308 g/mol. The summed E-state index contributed by atoms with van der Waals surface area (Å²) in [6.07, 6.45) is 8.58. The van der Waals surface area contributed by atoms with Gasteiger partial charge >= 0.3 is 0 Å². The van der Waals surface area contributed by atoms with Crippen molar-refractivity contribution in [3.05, 3.63) is 66.0 Å². The lowest BCUT2D eigenvalue weighted by Gasteiger charge is -2.52. The molecule has 0 bridgehead atoms. The number of likely N-dealkylation sites (tertiary alicyclic amines) is 1. The van der Waals surface area contributed by atoms with Gasteiger partial charge in [0.15, 0.2) is 0 Å². The van der Waals surface area contributed by atoms with E-state index in [-0.39, 0.29) is 0 Å². The maximum absolute atomic E-state index is 11.6. The van der Waals surface area contributed by atoms with Crippen LogP contribution in [0.25, 0.3) is 0 Å². The number of aromatic nitrogens is 1. The zero-order valence-electron chi connectivity index (χ0n) is 14.8. The van der Waals surface area contributed by atoms with Crippen LogP contribution in [-0.4, -0.2) is 34.1 Å². The molecule has 132 valence electrons. The average molecular weight is 336 g/mol. The normalized spacial score (nSPS) is 30.0. The van der Waals surface area contributed by atoms with Crippen LogP contribution in [0.2, 0.25) is 0 Å². The lowest BCUT2D eigenvalue weighted by Crippen LogP contribution is -2.57. The van der Waals surface area contributed by atoms with Gasteiger partial charge in [0.1, 0.15) is 0 Å². The highest BCUT2D eigenvalue weighted by atomic mass is 16.3. The Balaban J connectivity index is 1.52. The highest BCUT2D eigenvalue weighted by Gasteiger charge is 2.48. The number of nitrogens with zero attached hydrogens (tertiary/aromatic N) is 2. The summed E-state index contributed by atoms with van der Waals surface area (Å²) >= 11 is 0. The van der Waals surface area contributed by atoms with E-state index in [1.807, 2.05) is 18.3 Å². The summed E-state index contributed by atoms with van der Waals surface area (Å²) in [6.45, 7) is 2.02. The van der Waals surface area contributed by atoms with E-state index < -0.39 is 5.60 Å². The Morgan fingerprint density at radius 3 is 2.64 bits per heavy atom. The van der Waals surface area contributed by atoms with Crippen molar-refractivity contribution in [1.29, 1.82) is 0 Å². The number of rotatable bonds is 4. The minimum Gasteiger partial charge on any atom is -0.385 e. The molecule has 0 unspecified atom stereocenters. The van der Waals surface area contributed by atoms with Gasteiger partial charge in [0, 0.05) is 43.4 Å². The van der Waals surface area contributed by atoms with Gasteiger partial charge in [0.2, 0.25) is 0 Å². The van der Waals surface area contributed by atoms with Crippen LogP contribution in [0, 0.1) is 5.92 Å². The van der Waals surface area contributed by atoms with E-state index in [4.69, 9.17) is 0 Å². The Kier molecular flexibility index (Phi) is 4.87. The number of hydrogen-bond acceptors (Lipinski definition) is 3. The third-order valence-corrected chi connectivity index (χ3v) is 6.25. The van der Waals surface area contributed by atoms with E-state index in [1.165, 1.54) is 25.0 Å². The van der Waals surface area contributed by atoms with Crippen molar-refractivity contribution in [2.24, 2.45) is 5.92 Å². The monoisotopic (exact) mass is 336 g/mol. The zero-order chi connectivity index (χ0) is 17.1. The Labute approximate surface area is 150 Å². The van der Waals surface area contributed by atoms with E-state index in [2.05, 4.69) is 46.3 Å². The first kappa shape index (κ1) is 16.7. The van der Waals surface area contributed by atoms with Crippen molar-refractivity contribution in [2.75, 3.05) is 13.1 Å². The van der Waals surface area contributed by atoms with Gasteiger partial charge in [-0.1, -0.05) is 49.2 Å². The van der Waals surface area contributed by atoms with Crippen LogP contribution in [0.5, 0.6) is 0 Å². The predicted octanol–water partition coefficient (Wildman–Crippen LogP) is 3.78. The Morgan fingerprint density at radius 2 is 1.84 bits per heavy atom. The minimum absolute atomic E-state index is 0.348. The van der Waals surface area contributed by atoms with E-state index >= 15 is 0 Å². The molecule has 1 aromatic carbocycles. The molecule has 1 aliphatic carbocycles. The van der Waals surface area contributed by atoms with E-state index in [9.17, 15) is 5.11 Å². The van der Waals surface area contributed by atoms with E-state index in [1.54, 1.807) is 0 Å². The molecule has 4 rings (SSSR count). The Hall–Kier alpha value is -1.71. The van der Waals surface area contributed by atoms with E-state index in [0.717, 1.165) is 37.9 Å². The molecule has 3 atom stereocenters. The van der Waals surface area contributed by atoms with E-state index in [0.29, 0.717) is 12.0 Å². The molecule has 0 radical (unpaired) electrons. The van der Waals surface area contributed by atoms with Crippen LogP contribution < -0.4 is 0 Å². The van der Waals surface area contributed by atoms with Gasteiger partial charge in [0.25, 0.3) is 0 Å². The van der Waals surface area contributed by atoms with Gasteiger partial charge in [0.05, 0.1) is 5.60 Å². The summed E-state index contributed by atoms with van der Waals surface area (Å²) in [4.78, 5) is 7.09. The second kappa shape index (κ2) is 7.27. The Bertz CT molecular complexity index is 675. The zero-order valence-corrected chi connectivity index (χ0v) is 14.8. The van der Waals surface area contributed by atoms with Crippen LogP contribution in [0.4, 0.5) is 0 Å². The van der Waals surface area contributed by atoms with Crippen molar-refractivity contribution in [1.82, 2.24) is 9.88 Å². The maximum Gasteiger partial charge on any atom is 0.0951 e. The summed E-state index contributed by atoms with van der Waals surface area (Å²) < 4.78 is 0. The molecule has 3 heteroatoms. The fourth-order valence-corrected chi connectivity index (χ4v) is 4.94. The molecule has 1 aliphatic heterocycles. The first-order valence-corrected chi connectivity index (χ1v) is 9.69. The molecule has 25 heavy (non-hydrogen) atoms. The molecule has 3 nitrogen and oxygen atoms in total. The largest absolute Gasteiger partial charge is 0.385 e. The molecule has 0 amide bonds. The number of hydrogen-bond donors (Lipinski definition) is 1. The number of aliphatic hydroxyl groups is 1. The topological polar surface area (TPSA) is 36.4 Å². The molecule has 0 spiro atoms. The van der Waals surface area contributed by atoms with Crippen molar-refractivity contribution < 1.29 is 5.11 Å². The fourth-order valence-electron chi connectivity index (χ4n) is 4.94. The average Bonchev–Trinajstić information content (AvgIpc) is 2.69. The summed E-state index contributed by atoms with van der Waals surface area (Å²) in [6, 6.07) is 17.0. The van der Waals surface area contributed by atoms with Gasteiger partial charge in [-0.25, -0.2) is 0 Å². The highest BCUT2D eigenvalue weighted by Crippen LogP contribution is 2.46. The Morgan fingerprint density at radius 1 is 1.04 bits per heavy atom. The maximum atomic E-state index is 11.6. The molecule has 2 fully saturated rings. The third-order valence-electron chi connectivity index (χ3n) is 6.25. The quantitative estimate of drug-likeness (QED) is 0.923. The molecule has 2 aliphatic rings. The van der Waals surface area contributed by atoms with Crippen LogP contribution in [0.1, 0.15) is 43.4 Å². The number of fused-ring (bicyclic) bond motifs is 1. The number of piperidine rings is 1. The molecule has 1 saturated heterocycles. The van der Waals surface area contributed by atoms with Crippen molar-refractivity contribution in [2.45, 2.75) is 50.2 Å². The predicted molar refractivity (Wildman–Crippen MR) is 100 cm³/mol. The summed E-state index contributed by atoms with van der Waals surface area (Å²) in [5, 5.41) is 11.6. The summed E-state index contributed by atoms with van der Waals surface area (Å²) in [5.74, 6) is 0.348. The van der Waals surface area contributed by atoms with Crippen molar-refractivity contribution in [3.63, 3.8) is 0 Å². The van der Waals surface area contributed by atoms with Crippen LogP contribution in [0.15, 0.2) is 54.7 Å². The van der Waals surface area contributed by atoms with Crippen molar-refractivity contribution >= 4 is 0 Å². The smallest absolute Gasteiger partial charge is 0.0951 e. The highest BCUT2D eigenvalue weighted by molar-refractivity contribution is 5.25. The number of benzene rings is 1. The van der Waals surface area contributed by atoms with Crippen LogP contribution in [-0.2, 0) is 12.0 Å². The molecular formula is C22H28N2O. The second-order valence-corrected chi connectivity index (χ2v) is 7.61. The van der Waals surface area contributed by atoms with Crippen molar-refractivity contribution in [3.8, 4) is 0 Å². The molecule has 1 saturated carbocycles. The third kappa shape index (κ3) is 3.36. The van der Waals surface area contributed by atoms with Gasteiger partial charge < -0.3 is 5.11 Å². The van der Waals surface area contributed by atoms with Gasteiger partial charge in [-0.05, 0) is 37.0 Å². The first-order chi connectivity index (χ1) is 12.3. The molecule has 2 heterocycles. The SMILES string of the molecule is O[C@@]1(c2ccccc2)CCN(CCc2ccccn2)[C@H]2CCCC[C@@H]21. The standard InChI is InChI=1S/C22H28N2O/c25-22(18-8-2-1-3-9-18)14-17-24(21-12-5-4-11-20(21)22)16-13-19-10-6-7-15-23-19/h1-3,6-10,15,20-21,25H,4-5,11-14,16-17H2/t20-,21-,22+/m0/s1. The summed E-state index contributed by atoms with van der Waals surface area (Å²) in [7, 11) is 0. The van der Waals surface area contributed by atoms with Crippen LogP contribution in [0.3, 0.4) is 0 Å². The first-order valence-electron chi connectivity index (χ1n) is 9.69. The minimum atomic E-state index is -0.659. The van der Waals surface area contributed by atoms with Gasteiger partial charge in [-0.15, -0.1) is 0 Å². The lowest BCUT2D eigenvalue weighted by atomic mass is 9.66. The van der Waals surface area contributed by atoms with Gasteiger partial charge in [-0.3, -0.25) is 9.88 Å². The number of pyridine rings is 1. The lowest BCUT2D eigenvalue weighted by molar-refractivity contribution is -0.120. The fraction of sp³-hybridized carbons (Fsp3) is 0.500. The molecule has 2 aromatic rings. The molecule has 1 aromatic heterocycles. The molecule has 1 N–H and O–H groups in total. The van der Waals surface area contributed by atoms with Crippen LogP contribution >= 0.6 is 0 Å².